The monoisotopic (exact) mass is 210 g/mol. The first kappa shape index (κ1) is 10.8. The fraction of sp³-hybridized carbons (Fsp3) is 0. The largest absolute Gasteiger partial charge is 0.361 e. The van der Waals surface area contributed by atoms with Crippen LogP contribution in [0.4, 0.5) is 10.1 Å². The van der Waals surface area contributed by atoms with Gasteiger partial charge in [-0.2, -0.15) is 4.39 Å². The number of rotatable bonds is 3. The highest BCUT2D eigenvalue weighted by atomic mass is 19.1. The molecule has 0 aliphatic rings. The van der Waals surface area contributed by atoms with Crippen molar-refractivity contribution in [1.29, 1.82) is 5.41 Å². The van der Waals surface area contributed by atoms with Gasteiger partial charge in [0.2, 0.25) is 5.95 Å². The summed E-state index contributed by atoms with van der Waals surface area (Å²) in [4.78, 5) is 12.5. The maximum atomic E-state index is 12.6. The molecule has 0 aliphatic carbocycles. The normalized spacial score (nSPS) is 10.2. The van der Waals surface area contributed by atoms with Crippen molar-refractivity contribution in [3.05, 3.63) is 46.7 Å². The molecule has 0 spiro atoms. The predicted octanol–water partition coefficient (Wildman–Crippen LogP) is 1.40. The summed E-state index contributed by atoms with van der Waals surface area (Å²) in [5.74, 6) is -1.41. The molecule has 1 rings (SSSR count). The van der Waals surface area contributed by atoms with Gasteiger partial charge in [0.1, 0.15) is 0 Å². The van der Waals surface area contributed by atoms with Crippen molar-refractivity contribution in [2.24, 2.45) is 0 Å². The molecule has 0 saturated carbocycles. The second-order valence-electron chi connectivity index (χ2n) is 2.49. The van der Waals surface area contributed by atoms with Crippen LogP contribution in [-0.2, 0) is 0 Å². The average molecular weight is 210 g/mol. The number of nitro groups is 1. The molecule has 0 fully saturated rings. The van der Waals surface area contributed by atoms with Crippen LogP contribution in [0.25, 0.3) is 0 Å². The molecule has 78 valence electrons. The summed E-state index contributed by atoms with van der Waals surface area (Å²) >= 11 is 0. The zero-order chi connectivity index (χ0) is 11.3. The van der Waals surface area contributed by atoms with Crippen molar-refractivity contribution < 1.29 is 9.31 Å². The van der Waals surface area contributed by atoms with Gasteiger partial charge in [-0.3, -0.25) is 0 Å². The highest BCUT2D eigenvalue weighted by Crippen LogP contribution is 2.05. The van der Waals surface area contributed by atoms with E-state index in [0.717, 1.165) is 12.1 Å². The van der Waals surface area contributed by atoms with Gasteiger partial charge in [-0.15, -0.1) is 0 Å². The molecule has 0 aromatic carbocycles. The number of halogens is 1. The third kappa shape index (κ3) is 3.51. The molecule has 0 atom stereocenters. The van der Waals surface area contributed by atoms with E-state index in [4.69, 9.17) is 5.41 Å². The molecular formula is C8H7FN4O2. The molecule has 1 aromatic rings. The molecule has 0 unspecified atom stereocenters. The lowest BCUT2D eigenvalue weighted by atomic mass is 10.4. The molecule has 6 nitrogen and oxygen atoms in total. The van der Waals surface area contributed by atoms with Gasteiger partial charge in [0.05, 0.1) is 6.08 Å². The van der Waals surface area contributed by atoms with Crippen LogP contribution in [0, 0.1) is 21.5 Å². The van der Waals surface area contributed by atoms with Crippen molar-refractivity contribution in [1.82, 2.24) is 4.98 Å². The molecule has 0 aliphatic heterocycles. The number of amidine groups is 1. The van der Waals surface area contributed by atoms with E-state index < -0.39 is 16.7 Å². The second-order valence-corrected chi connectivity index (χ2v) is 2.49. The van der Waals surface area contributed by atoms with Crippen LogP contribution >= 0.6 is 0 Å². The number of hydrogen-bond donors (Lipinski definition) is 2. The minimum atomic E-state index is -0.842. The van der Waals surface area contributed by atoms with Gasteiger partial charge in [0, 0.05) is 24.2 Å². The Balaban J connectivity index is 2.57. The number of nitrogens with zero attached hydrogens (tertiary/aromatic N) is 2. The molecule has 0 bridgehead atoms. The minimum absolute atomic E-state index is 0.398. The Morgan fingerprint density at radius 1 is 1.73 bits per heavy atom. The molecule has 2 N–H and O–H groups in total. The van der Waals surface area contributed by atoms with E-state index in [2.05, 4.69) is 10.3 Å². The van der Waals surface area contributed by atoms with E-state index in [0.29, 0.717) is 5.69 Å². The van der Waals surface area contributed by atoms with E-state index in [-0.39, 0.29) is 0 Å². The van der Waals surface area contributed by atoms with Crippen LogP contribution in [0.15, 0.2) is 30.6 Å². The lowest BCUT2D eigenvalue weighted by molar-refractivity contribution is -0.349. The average Bonchev–Trinajstić information content (AvgIpc) is 2.17. The summed E-state index contributed by atoms with van der Waals surface area (Å²) in [6, 6.07) is 2.61. The third-order valence-electron chi connectivity index (χ3n) is 1.41. The third-order valence-corrected chi connectivity index (χ3v) is 1.41. The van der Waals surface area contributed by atoms with Crippen LogP contribution in [0.1, 0.15) is 0 Å². The molecule has 0 saturated heterocycles. The topological polar surface area (TPSA) is 91.9 Å². The van der Waals surface area contributed by atoms with Crippen LogP contribution in [0.3, 0.4) is 0 Å². The van der Waals surface area contributed by atoms with Gasteiger partial charge in [-0.25, -0.2) is 4.98 Å². The molecule has 7 heteroatoms. The highest BCUT2D eigenvalue weighted by Gasteiger charge is 1.99. The van der Waals surface area contributed by atoms with Crippen molar-refractivity contribution in [2.75, 3.05) is 5.32 Å². The summed E-state index contributed by atoms with van der Waals surface area (Å²) in [5, 5.41) is 19.4. The van der Waals surface area contributed by atoms with Gasteiger partial charge in [0.25, 0.3) is 0 Å². The Morgan fingerprint density at radius 3 is 3.07 bits per heavy atom. The Labute approximate surface area is 84.1 Å². The standard InChI is InChI=1S/C8H7FN4O2/c9-7-5-6(1-3-12-7)11-4-2-8(10)13(14)15/h1-5,10H,(H,11,12)/b4-2-,10-8?. The van der Waals surface area contributed by atoms with Crippen LogP contribution < -0.4 is 5.32 Å². The first-order valence-electron chi connectivity index (χ1n) is 3.87. The zero-order valence-electron chi connectivity index (χ0n) is 7.48. The van der Waals surface area contributed by atoms with Crippen LogP contribution in [0.5, 0.6) is 0 Å². The van der Waals surface area contributed by atoms with E-state index >= 15 is 0 Å². The van der Waals surface area contributed by atoms with Gasteiger partial charge in [0.15, 0.2) is 0 Å². The Morgan fingerprint density at radius 2 is 2.47 bits per heavy atom. The number of aromatic nitrogens is 1. The SMILES string of the molecule is N=C(/C=C\Nc1ccnc(F)c1)[N+](=O)[O-]. The fourth-order valence-corrected chi connectivity index (χ4v) is 0.770. The van der Waals surface area contributed by atoms with Gasteiger partial charge < -0.3 is 15.4 Å². The van der Waals surface area contributed by atoms with Gasteiger partial charge >= 0.3 is 5.84 Å². The van der Waals surface area contributed by atoms with Crippen LogP contribution in [-0.4, -0.2) is 15.7 Å². The molecule has 1 heterocycles. The Hall–Kier alpha value is -2.31. The number of pyridine rings is 1. The molecule has 0 amide bonds. The fourth-order valence-electron chi connectivity index (χ4n) is 0.770. The maximum absolute atomic E-state index is 12.6. The zero-order valence-corrected chi connectivity index (χ0v) is 7.48. The quantitative estimate of drug-likeness (QED) is 0.259. The molecular weight excluding hydrogens is 203 g/mol. The maximum Gasteiger partial charge on any atom is 0.357 e. The summed E-state index contributed by atoms with van der Waals surface area (Å²) < 4.78 is 12.6. The van der Waals surface area contributed by atoms with Gasteiger partial charge in [-0.05, 0) is 11.0 Å². The lowest BCUT2D eigenvalue weighted by Crippen LogP contribution is -2.06. The van der Waals surface area contributed by atoms with Crippen molar-refractivity contribution in [2.45, 2.75) is 0 Å². The van der Waals surface area contributed by atoms with E-state index in [1.54, 1.807) is 0 Å². The van der Waals surface area contributed by atoms with Gasteiger partial charge in [-0.1, -0.05) is 5.41 Å². The van der Waals surface area contributed by atoms with E-state index in [9.17, 15) is 14.5 Å². The first-order chi connectivity index (χ1) is 7.09. The smallest absolute Gasteiger partial charge is 0.357 e. The van der Waals surface area contributed by atoms with Crippen molar-refractivity contribution in [3.8, 4) is 0 Å². The molecule has 1 aromatic heterocycles. The van der Waals surface area contributed by atoms with Crippen LogP contribution in [0.2, 0.25) is 0 Å². The van der Waals surface area contributed by atoms with E-state index in [1.165, 1.54) is 18.5 Å². The second kappa shape index (κ2) is 4.80. The Bertz CT molecular complexity index is 419. The highest BCUT2D eigenvalue weighted by molar-refractivity contribution is 5.83. The predicted molar refractivity (Wildman–Crippen MR) is 51.7 cm³/mol. The number of hydrogen-bond acceptors (Lipinski definition) is 5. The first-order valence-corrected chi connectivity index (χ1v) is 3.87. The van der Waals surface area contributed by atoms with Crippen molar-refractivity contribution in [3.63, 3.8) is 0 Å². The Kier molecular flexibility index (Phi) is 3.44. The summed E-state index contributed by atoms with van der Waals surface area (Å²) in [6.45, 7) is 0. The summed E-state index contributed by atoms with van der Waals surface area (Å²) in [6.07, 6.45) is 3.39. The summed E-state index contributed by atoms with van der Waals surface area (Å²) in [7, 11) is 0. The number of nitrogens with one attached hydrogen (secondary N) is 2. The minimum Gasteiger partial charge on any atom is -0.361 e. The molecule has 0 radical (unpaired) electrons. The number of anilines is 1. The van der Waals surface area contributed by atoms with E-state index in [1.807, 2.05) is 0 Å². The van der Waals surface area contributed by atoms with Crippen molar-refractivity contribution >= 4 is 11.5 Å². The lowest BCUT2D eigenvalue weighted by Gasteiger charge is -1.98. The molecule has 15 heavy (non-hydrogen) atoms. The summed E-state index contributed by atoms with van der Waals surface area (Å²) in [5.41, 5.74) is 0.398.